The smallest absolute Gasteiger partial charge is 0.175 e. The van der Waals surface area contributed by atoms with Gasteiger partial charge in [-0.2, -0.15) is 20.4 Å². The molecule has 0 atom stereocenters. The third kappa shape index (κ3) is 3.94. The summed E-state index contributed by atoms with van der Waals surface area (Å²) in [6, 6.07) is 8.02. The second-order valence-electron chi connectivity index (χ2n) is 10.5. The van der Waals surface area contributed by atoms with Crippen LogP contribution in [0, 0.1) is 0 Å². The average molecular weight is 421 g/mol. The molecule has 0 unspecified atom stereocenters. The highest BCUT2D eigenvalue weighted by molar-refractivity contribution is 5.24. The van der Waals surface area contributed by atoms with Gasteiger partial charge in [-0.05, 0) is 26.0 Å². The Morgan fingerprint density at radius 3 is 1.23 bits per heavy atom. The molecule has 0 radical (unpaired) electrons. The standard InChI is InChI=1S/C23H32N8/c1-21(2,3)17-9-13-28(24-17)19-11-15-30(26-19)23(7,8)31-16-12-20(27-31)29-14-10-18(25-29)22(4,5)6/h9-16H,1-8H3. The summed E-state index contributed by atoms with van der Waals surface area (Å²) in [5, 5.41) is 18.9. The summed E-state index contributed by atoms with van der Waals surface area (Å²) in [4.78, 5) is 0. The quantitative estimate of drug-likeness (QED) is 0.494. The van der Waals surface area contributed by atoms with E-state index in [4.69, 9.17) is 20.4 Å². The van der Waals surface area contributed by atoms with Gasteiger partial charge >= 0.3 is 0 Å². The van der Waals surface area contributed by atoms with Gasteiger partial charge in [0.25, 0.3) is 0 Å². The van der Waals surface area contributed by atoms with Crippen LogP contribution < -0.4 is 0 Å². The van der Waals surface area contributed by atoms with E-state index in [1.54, 1.807) is 0 Å². The summed E-state index contributed by atoms with van der Waals surface area (Å²) in [6.07, 6.45) is 7.83. The molecule has 0 amide bonds. The van der Waals surface area contributed by atoms with E-state index < -0.39 is 5.66 Å². The van der Waals surface area contributed by atoms with Gasteiger partial charge in [-0.25, -0.2) is 18.7 Å². The normalized spacial score (nSPS) is 13.2. The maximum atomic E-state index is 4.78. The van der Waals surface area contributed by atoms with Gasteiger partial charge in [-0.15, -0.1) is 0 Å². The Bertz CT molecular complexity index is 1090. The summed E-state index contributed by atoms with van der Waals surface area (Å²) >= 11 is 0. The summed E-state index contributed by atoms with van der Waals surface area (Å²) in [5.41, 5.74) is 1.56. The van der Waals surface area contributed by atoms with Crippen molar-refractivity contribution >= 4 is 0 Å². The summed E-state index contributed by atoms with van der Waals surface area (Å²) < 4.78 is 7.45. The molecular weight excluding hydrogens is 388 g/mol. The van der Waals surface area contributed by atoms with Gasteiger partial charge in [0.05, 0.1) is 11.4 Å². The first-order chi connectivity index (χ1) is 14.4. The van der Waals surface area contributed by atoms with Crippen LogP contribution in [0.5, 0.6) is 0 Å². The van der Waals surface area contributed by atoms with Crippen LogP contribution in [-0.4, -0.2) is 39.1 Å². The minimum Gasteiger partial charge on any atom is -0.244 e. The lowest BCUT2D eigenvalue weighted by Crippen LogP contribution is -2.36. The molecule has 0 aliphatic rings. The van der Waals surface area contributed by atoms with Crippen molar-refractivity contribution in [2.24, 2.45) is 0 Å². The molecule has 31 heavy (non-hydrogen) atoms. The highest BCUT2D eigenvalue weighted by Gasteiger charge is 2.26. The number of hydrogen-bond acceptors (Lipinski definition) is 4. The van der Waals surface area contributed by atoms with Crippen molar-refractivity contribution in [1.82, 2.24) is 39.1 Å². The first kappa shape index (κ1) is 21.1. The van der Waals surface area contributed by atoms with E-state index in [1.165, 1.54) is 0 Å². The molecular formula is C23H32N8. The molecule has 0 saturated heterocycles. The number of nitrogens with zero attached hydrogens (tertiary/aromatic N) is 8. The highest BCUT2D eigenvalue weighted by Crippen LogP contribution is 2.23. The maximum Gasteiger partial charge on any atom is 0.175 e. The number of rotatable bonds is 4. The summed E-state index contributed by atoms with van der Waals surface area (Å²) in [7, 11) is 0. The van der Waals surface area contributed by atoms with Gasteiger partial charge in [-0.3, -0.25) is 0 Å². The largest absolute Gasteiger partial charge is 0.244 e. The van der Waals surface area contributed by atoms with Gasteiger partial charge in [0.15, 0.2) is 11.6 Å². The molecule has 0 bridgehead atoms. The van der Waals surface area contributed by atoms with Crippen molar-refractivity contribution < 1.29 is 0 Å². The molecule has 0 fully saturated rings. The molecule has 4 rings (SSSR count). The minimum absolute atomic E-state index is 0.00208. The zero-order chi connectivity index (χ0) is 22.6. The molecule has 8 nitrogen and oxygen atoms in total. The van der Waals surface area contributed by atoms with Gasteiger partial charge < -0.3 is 0 Å². The van der Waals surface area contributed by atoms with Crippen molar-refractivity contribution in [3.05, 3.63) is 60.4 Å². The van der Waals surface area contributed by atoms with Crippen LogP contribution in [0.25, 0.3) is 11.6 Å². The Morgan fingerprint density at radius 1 is 0.516 bits per heavy atom. The SMILES string of the molecule is CC(C)(C)c1ccn(-c2ccn(C(C)(C)n3ccc(-n4ccc(C(C)(C)C)n4)n3)n2)n1. The van der Waals surface area contributed by atoms with Gasteiger partial charge in [0.2, 0.25) is 0 Å². The van der Waals surface area contributed by atoms with Crippen molar-refractivity contribution in [2.45, 2.75) is 71.9 Å². The van der Waals surface area contributed by atoms with Crippen LogP contribution in [0.4, 0.5) is 0 Å². The van der Waals surface area contributed by atoms with Gasteiger partial charge in [-0.1, -0.05) is 41.5 Å². The van der Waals surface area contributed by atoms with Gasteiger partial charge in [0.1, 0.15) is 5.66 Å². The average Bonchev–Trinajstić information content (AvgIpc) is 3.47. The Morgan fingerprint density at radius 2 is 0.903 bits per heavy atom. The molecule has 4 heterocycles. The second kappa shape index (κ2) is 6.93. The van der Waals surface area contributed by atoms with Crippen molar-refractivity contribution in [1.29, 1.82) is 0 Å². The fraction of sp³-hybridized carbons (Fsp3) is 0.478. The van der Waals surface area contributed by atoms with Gasteiger partial charge in [0, 0.05) is 47.8 Å². The van der Waals surface area contributed by atoms with E-state index in [-0.39, 0.29) is 10.8 Å². The lowest BCUT2D eigenvalue weighted by Gasteiger charge is -2.26. The molecule has 8 heteroatoms. The van der Waals surface area contributed by atoms with Crippen LogP contribution in [0.2, 0.25) is 0 Å². The zero-order valence-electron chi connectivity index (χ0n) is 19.7. The Labute approximate surface area is 183 Å². The zero-order valence-corrected chi connectivity index (χ0v) is 19.7. The third-order valence-corrected chi connectivity index (χ3v) is 5.46. The fourth-order valence-electron chi connectivity index (χ4n) is 3.29. The predicted octanol–water partition coefficient (Wildman–Crippen LogP) is 4.29. The third-order valence-electron chi connectivity index (χ3n) is 5.46. The van der Waals surface area contributed by atoms with Crippen LogP contribution in [0.15, 0.2) is 49.1 Å². The molecule has 0 aliphatic heterocycles. The van der Waals surface area contributed by atoms with Crippen LogP contribution in [0.1, 0.15) is 66.8 Å². The van der Waals surface area contributed by atoms with E-state index in [9.17, 15) is 0 Å². The van der Waals surface area contributed by atoms with E-state index >= 15 is 0 Å². The van der Waals surface area contributed by atoms with Crippen LogP contribution in [0.3, 0.4) is 0 Å². The predicted molar refractivity (Wildman–Crippen MR) is 121 cm³/mol. The topological polar surface area (TPSA) is 71.3 Å². The highest BCUT2D eigenvalue weighted by atomic mass is 15.5. The molecule has 0 aliphatic carbocycles. The van der Waals surface area contributed by atoms with Crippen LogP contribution >= 0.6 is 0 Å². The van der Waals surface area contributed by atoms with Crippen LogP contribution in [-0.2, 0) is 16.5 Å². The van der Waals surface area contributed by atoms with Crippen molar-refractivity contribution in [3.8, 4) is 11.6 Å². The molecule has 0 spiro atoms. The van der Waals surface area contributed by atoms with E-state index in [0.29, 0.717) is 0 Å². The molecule has 0 aromatic carbocycles. The lowest BCUT2D eigenvalue weighted by atomic mass is 9.93. The monoisotopic (exact) mass is 420 g/mol. The number of aromatic nitrogens is 8. The molecule has 4 aromatic heterocycles. The fourth-order valence-corrected chi connectivity index (χ4v) is 3.29. The van der Waals surface area contributed by atoms with Crippen molar-refractivity contribution in [3.63, 3.8) is 0 Å². The first-order valence-corrected chi connectivity index (χ1v) is 10.6. The van der Waals surface area contributed by atoms with E-state index in [2.05, 4.69) is 55.4 Å². The Kier molecular flexibility index (Phi) is 4.72. The molecule has 0 saturated carbocycles. The Balaban J connectivity index is 1.60. The van der Waals surface area contributed by atoms with E-state index in [0.717, 1.165) is 23.0 Å². The van der Waals surface area contributed by atoms with Crippen molar-refractivity contribution in [2.75, 3.05) is 0 Å². The lowest BCUT2D eigenvalue weighted by molar-refractivity contribution is 0.234. The summed E-state index contributed by atoms with van der Waals surface area (Å²) in [6.45, 7) is 17.1. The summed E-state index contributed by atoms with van der Waals surface area (Å²) in [5.74, 6) is 1.55. The van der Waals surface area contributed by atoms with E-state index in [1.807, 2.05) is 67.8 Å². The molecule has 4 aromatic rings. The molecule has 164 valence electrons. The minimum atomic E-state index is -0.503. The number of hydrogen-bond donors (Lipinski definition) is 0. The first-order valence-electron chi connectivity index (χ1n) is 10.6. The molecule has 0 N–H and O–H groups in total. The Hall–Kier alpha value is -3.16. The maximum absolute atomic E-state index is 4.78. The second-order valence-corrected chi connectivity index (χ2v) is 10.5.